The maximum Gasteiger partial charge on any atom is 0.279 e. The minimum absolute atomic E-state index is 0.147. The van der Waals surface area contributed by atoms with E-state index in [9.17, 15) is 9.59 Å². The minimum atomic E-state index is -0.306. The number of thiophene rings is 1. The van der Waals surface area contributed by atoms with Gasteiger partial charge in [0.15, 0.2) is 0 Å². The van der Waals surface area contributed by atoms with Gasteiger partial charge in [0, 0.05) is 4.88 Å². The van der Waals surface area contributed by atoms with Crippen molar-refractivity contribution in [2.24, 2.45) is 0 Å². The van der Waals surface area contributed by atoms with E-state index in [-0.39, 0.29) is 18.2 Å². The summed E-state index contributed by atoms with van der Waals surface area (Å²) in [5, 5.41) is 3.91. The second-order valence-electron chi connectivity index (χ2n) is 6.98. The molecule has 0 saturated heterocycles. The van der Waals surface area contributed by atoms with Crippen molar-refractivity contribution >= 4 is 23.2 Å². The molecule has 0 radical (unpaired) electrons. The van der Waals surface area contributed by atoms with Crippen molar-refractivity contribution in [2.75, 3.05) is 0 Å². The van der Waals surface area contributed by atoms with E-state index in [1.54, 1.807) is 12.1 Å². The molecule has 3 rings (SSSR count). The Hall–Kier alpha value is -3.13. The van der Waals surface area contributed by atoms with Crippen LogP contribution in [0.1, 0.15) is 49.6 Å². The first-order chi connectivity index (χ1) is 14.4. The first-order valence-corrected chi connectivity index (χ1v) is 10.5. The third-order valence-corrected chi connectivity index (χ3v) is 6.11. The molecule has 0 atom stereocenters. The summed E-state index contributed by atoms with van der Waals surface area (Å²) >= 11 is 1.44. The van der Waals surface area contributed by atoms with Crippen LogP contribution in [-0.2, 0) is 24.2 Å². The van der Waals surface area contributed by atoms with Crippen molar-refractivity contribution in [1.82, 2.24) is 16.0 Å². The highest BCUT2D eigenvalue weighted by Crippen LogP contribution is 2.22. The average molecular weight is 428 g/mol. The predicted molar refractivity (Wildman–Crippen MR) is 114 cm³/mol. The Balaban J connectivity index is 1.47. The number of aromatic nitrogens is 1. The monoisotopic (exact) mass is 427 g/mol. The Bertz CT molecular complexity index is 1020. The van der Waals surface area contributed by atoms with Gasteiger partial charge >= 0.3 is 0 Å². The molecule has 0 bridgehead atoms. The first kappa shape index (κ1) is 21.6. The summed E-state index contributed by atoms with van der Waals surface area (Å²) in [5.41, 5.74) is 8.59. The van der Waals surface area contributed by atoms with E-state index in [2.05, 4.69) is 22.9 Å². The van der Waals surface area contributed by atoms with Crippen molar-refractivity contribution in [1.29, 1.82) is 0 Å². The van der Waals surface area contributed by atoms with Crippen LogP contribution in [0.5, 0.6) is 5.75 Å². The van der Waals surface area contributed by atoms with E-state index in [1.165, 1.54) is 16.2 Å². The van der Waals surface area contributed by atoms with Gasteiger partial charge in [-0.15, -0.1) is 11.3 Å². The maximum absolute atomic E-state index is 12.2. The van der Waals surface area contributed by atoms with E-state index in [4.69, 9.17) is 9.26 Å². The molecule has 0 aliphatic rings. The Morgan fingerprint density at radius 3 is 2.47 bits per heavy atom. The van der Waals surface area contributed by atoms with Crippen LogP contribution in [0.4, 0.5) is 0 Å². The van der Waals surface area contributed by atoms with E-state index in [0.717, 1.165) is 34.6 Å². The van der Waals surface area contributed by atoms with E-state index >= 15 is 0 Å². The van der Waals surface area contributed by atoms with Crippen LogP contribution in [0.15, 0.2) is 34.9 Å². The van der Waals surface area contributed by atoms with Gasteiger partial charge in [0.1, 0.15) is 18.1 Å². The lowest BCUT2D eigenvalue weighted by atomic mass is 10.1. The SMILES string of the molecule is CCc1sc(C(=O)NNC(=O)Cc2ccc(OCc3c(C)noc3C)cc2)cc1C. The zero-order chi connectivity index (χ0) is 21.7. The predicted octanol–water partition coefficient (Wildman–Crippen LogP) is 3.81. The third kappa shape index (κ3) is 5.27. The standard InChI is InChI=1S/C22H25N3O4S/c1-5-19-13(2)10-20(30-19)22(27)24-23-21(26)11-16-6-8-17(9-7-16)28-12-18-14(3)25-29-15(18)4/h6-10H,5,11-12H2,1-4H3,(H,23,26)(H,24,27). The molecule has 8 heteroatoms. The summed E-state index contributed by atoms with van der Waals surface area (Å²) in [4.78, 5) is 26.1. The number of ether oxygens (including phenoxy) is 1. The molecule has 2 amide bonds. The molecule has 2 aromatic heterocycles. The van der Waals surface area contributed by atoms with Crippen molar-refractivity contribution in [3.63, 3.8) is 0 Å². The molecule has 30 heavy (non-hydrogen) atoms. The molecule has 2 N–H and O–H groups in total. The number of benzene rings is 1. The van der Waals surface area contributed by atoms with Crippen molar-refractivity contribution in [2.45, 2.75) is 47.1 Å². The highest BCUT2D eigenvalue weighted by atomic mass is 32.1. The summed E-state index contributed by atoms with van der Waals surface area (Å²) in [6.45, 7) is 8.12. The van der Waals surface area contributed by atoms with Gasteiger partial charge in [-0.05, 0) is 56.5 Å². The summed E-state index contributed by atoms with van der Waals surface area (Å²) < 4.78 is 10.9. The molecular weight excluding hydrogens is 402 g/mol. The molecule has 3 aromatic rings. The van der Waals surface area contributed by atoms with Crippen LogP contribution < -0.4 is 15.6 Å². The van der Waals surface area contributed by atoms with Crippen LogP contribution in [-0.4, -0.2) is 17.0 Å². The van der Waals surface area contributed by atoms with Crippen LogP contribution in [0, 0.1) is 20.8 Å². The van der Waals surface area contributed by atoms with Crippen LogP contribution >= 0.6 is 11.3 Å². The van der Waals surface area contributed by atoms with E-state index in [1.807, 2.05) is 39.0 Å². The molecule has 1 aromatic carbocycles. The lowest BCUT2D eigenvalue weighted by Crippen LogP contribution is -2.42. The van der Waals surface area contributed by atoms with Gasteiger partial charge in [-0.1, -0.05) is 24.2 Å². The second kappa shape index (κ2) is 9.58. The lowest BCUT2D eigenvalue weighted by molar-refractivity contribution is -0.121. The topological polar surface area (TPSA) is 93.5 Å². The van der Waals surface area contributed by atoms with Gasteiger partial charge in [0.25, 0.3) is 5.91 Å². The molecule has 2 heterocycles. The van der Waals surface area contributed by atoms with Crippen molar-refractivity contribution in [3.05, 3.63) is 68.2 Å². The first-order valence-electron chi connectivity index (χ1n) is 9.69. The highest BCUT2D eigenvalue weighted by Gasteiger charge is 2.13. The zero-order valence-electron chi connectivity index (χ0n) is 17.5. The quantitative estimate of drug-likeness (QED) is 0.560. The number of carbonyl (C=O) groups is 2. The van der Waals surface area contributed by atoms with Crippen molar-refractivity contribution in [3.8, 4) is 5.75 Å². The Labute approximate surface area is 179 Å². The smallest absolute Gasteiger partial charge is 0.279 e. The Morgan fingerprint density at radius 2 is 1.87 bits per heavy atom. The highest BCUT2D eigenvalue weighted by molar-refractivity contribution is 7.14. The van der Waals surface area contributed by atoms with Gasteiger partial charge in [-0.2, -0.15) is 0 Å². The molecule has 0 spiro atoms. The molecule has 158 valence electrons. The summed E-state index contributed by atoms with van der Waals surface area (Å²) in [6.07, 6.45) is 1.03. The number of carbonyl (C=O) groups excluding carboxylic acids is 2. The van der Waals surface area contributed by atoms with Gasteiger partial charge in [0.2, 0.25) is 5.91 Å². The van der Waals surface area contributed by atoms with E-state index in [0.29, 0.717) is 17.2 Å². The van der Waals surface area contributed by atoms with Gasteiger partial charge in [-0.3, -0.25) is 20.4 Å². The van der Waals surface area contributed by atoms with Crippen LogP contribution in [0.25, 0.3) is 0 Å². The maximum atomic E-state index is 12.2. The second-order valence-corrected chi connectivity index (χ2v) is 8.12. The van der Waals surface area contributed by atoms with Crippen LogP contribution in [0.2, 0.25) is 0 Å². The summed E-state index contributed by atoms with van der Waals surface area (Å²) in [5.74, 6) is 0.828. The number of nitrogens with one attached hydrogen (secondary N) is 2. The molecule has 0 aliphatic carbocycles. The number of hydrogen-bond acceptors (Lipinski definition) is 6. The fourth-order valence-corrected chi connectivity index (χ4v) is 3.98. The largest absolute Gasteiger partial charge is 0.489 e. The molecule has 0 unspecified atom stereocenters. The fraction of sp³-hybridized carbons (Fsp3) is 0.318. The minimum Gasteiger partial charge on any atom is -0.489 e. The van der Waals surface area contributed by atoms with Crippen LogP contribution in [0.3, 0.4) is 0 Å². The molecule has 0 aliphatic heterocycles. The van der Waals surface area contributed by atoms with E-state index < -0.39 is 0 Å². The number of amides is 2. The zero-order valence-corrected chi connectivity index (χ0v) is 18.3. The normalized spacial score (nSPS) is 10.7. The summed E-state index contributed by atoms with van der Waals surface area (Å²) in [7, 11) is 0. The van der Waals surface area contributed by atoms with Gasteiger partial charge in [0.05, 0.1) is 22.6 Å². The molecule has 0 saturated carbocycles. The number of rotatable bonds is 7. The third-order valence-electron chi connectivity index (χ3n) is 4.73. The summed E-state index contributed by atoms with van der Waals surface area (Å²) in [6, 6.07) is 9.09. The molecule has 0 fully saturated rings. The average Bonchev–Trinajstić information content (AvgIpc) is 3.27. The number of nitrogens with zero attached hydrogens (tertiary/aromatic N) is 1. The molecule has 7 nitrogen and oxygen atoms in total. The lowest BCUT2D eigenvalue weighted by Gasteiger charge is -2.08. The molecular formula is C22H25N3O4S. The number of aryl methyl sites for hydroxylation is 4. The Morgan fingerprint density at radius 1 is 1.13 bits per heavy atom. The Kier molecular flexibility index (Phi) is 6.89. The fourth-order valence-electron chi connectivity index (χ4n) is 2.97. The van der Waals surface area contributed by atoms with Gasteiger partial charge in [-0.25, -0.2) is 0 Å². The van der Waals surface area contributed by atoms with Crippen molar-refractivity contribution < 1.29 is 18.8 Å². The van der Waals surface area contributed by atoms with Gasteiger partial charge < -0.3 is 9.26 Å². The number of hydrogen-bond donors (Lipinski definition) is 2. The number of hydrazine groups is 1.